The minimum atomic E-state index is -2.63. The Morgan fingerprint density at radius 1 is 1.18 bits per heavy atom. The number of rotatable bonds is 4. The molecule has 2 fully saturated rings. The predicted octanol–water partition coefficient (Wildman–Crippen LogP) is 0.591. The monoisotopic (exact) mass is 470 g/mol. The van der Waals surface area contributed by atoms with Crippen LogP contribution < -0.4 is 10.6 Å². The molecular formula is C25H30N2O7. The molecule has 4 N–H and O–H groups in total. The molecule has 0 heterocycles. The number of nitrogens with zero attached hydrogens (tertiary/aromatic N) is 1. The summed E-state index contributed by atoms with van der Waals surface area (Å²) < 4.78 is 0. The number of amides is 1. The molecule has 0 aromatic heterocycles. The van der Waals surface area contributed by atoms with E-state index in [1.54, 1.807) is 0 Å². The molecule has 1 aromatic carbocycles. The fourth-order valence-electron chi connectivity index (χ4n) is 6.06. The Kier molecular flexibility index (Phi) is 5.67. The Hall–Kier alpha value is -3.07. The van der Waals surface area contributed by atoms with E-state index < -0.39 is 58.3 Å². The smallest absolute Gasteiger partial charge is 0.235 e. The lowest BCUT2D eigenvalue weighted by Gasteiger charge is -2.48. The Morgan fingerprint density at radius 2 is 1.82 bits per heavy atom. The number of Topliss-reactive ketones (excluding diaryl/α,β-unsaturated/α-hetero) is 4. The number of fused-ring (bicyclic) bond motifs is 3. The summed E-state index contributed by atoms with van der Waals surface area (Å²) >= 11 is 0. The molecule has 2 saturated carbocycles. The van der Waals surface area contributed by atoms with Crippen molar-refractivity contribution < 1.29 is 34.2 Å². The van der Waals surface area contributed by atoms with Crippen LogP contribution in [0.3, 0.4) is 0 Å². The summed E-state index contributed by atoms with van der Waals surface area (Å²) in [5.74, 6) is -9.63. The normalized spacial score (nSPS) is 30.6. The topological polar surface area (TPSA) is 155 Å². The minimum absolute atomic E-state index is 0.0456. The number of hydrogen-bond donors (Lipinski definition) is 3. The molecule has 3 aliphatic carbocycles. The van der Waals surface area contributed by atoms with Crippen molar-refractivity contribution in [2.75, 3.05) is 19.0 Å². The zero-order chi connectivity index (χ0) is 25.3. The van der Waals surface area contributed by atoms with Crippen LogP contribution in [0, 0.1) is 29.6 Å². The SMILES string of the molecule is CC(C)Cc1cc(N(C)C)c2c(c1O)C(=O)C1C(=O)[C@]3(O)C(=O)C(C(N)=O)C(=O)C[C@@H]3C[C@@H]1C2. The van der Waals surface area contributed by atoms with Crippen molar-refractivity contribution in [2.24, 2.45) is 35.3 Å². The van der Waals surface area contributed by atoms with Crippen molar-refractivity contribution in [1.29, 1.82) is 0 Å². The highest BCUT2D eigenvalue weighted by molar-refractivity contribution is 6.31. The molecule has 3 aliphatic rings. The van der Waals surface area contributed by atoms with Crippen LogP contribution in [-0.2, 0) is 32.0 Å². The predicted molar refractivity (Wildman–Crippen MR) is 121 cm³/mol. The molecule has 0 bridgehead atoms. The number of carbonyl (C=O) groups excluding carboxylic acids is 5. The highest BCUT2D eigenvalue weighted by Crippen LogP contribution is 2.51. The number of phenolic OH excluding ortho intramolecular Hbond substituents is 1. The summed E-state index contributed by atoms with van der Waals surface area (Å²) in [5, 5.41) is 22.3. The van der Waals surface area contributed by atoms with Gasteiger partial charge in [0.15, 0.2) is 34.7 Å². The van der Waals surface area contributed by atoms with Crippen LogP contribution in [-0.4, -0.2) is 58.9 Å². The fraction of sp³-hybridized carbons (Fsp3) is 0.560. The molecule has 5 atom stereocenters. The van der Waals surface area contributed by atoms with E-state index in [1.165, 1.54) is 0 Å². The van der Waals surface area contributed by atoms with E-state index in [0.29, 0.717) is 17.5 Å². The van der Waals surface area contributed by atoms with E-state index in [0.717, 1.165) is 5.69 Å². The first-order valence-electron chi connectivity index (χ1n) is 11.5. The van der Waals surface area contributed by atoms with Crippen molar-refractivity contribution in [2.45, 2.75) is 45.1 Å². The zero-order valence-corrected chi connectivity index (χ0v) is 19.8. The van der Waals surface area contributed by atoms with E-state index in [2.05, 4.69) is 0 Å². The van der Waals surface area contributed by atoms with Gasteiger partial charge in [-0.05, 0) is 48.3 Å². The van der Waals surface area contributed by atoms with Crippen molar-refractivity contribution in [1.82, 2.24) is 0 Å². The highest BCUT2D eigenvalue weighted by atomic mass is 16.3. The van der Waals surface area contributed by atoms with Gasteiger partial charge in [-0.2, -0.15) is 0 Å². The van der Waals surface area contributed by atoms with E-state index in [1.807, 2.05) is 38.9 Å². The van der Waals surface area contributed by atoms with Gasteiger partial charge in [0.05, 0.1) is 11.5 Å². The first-order chi connectivity index (χ1) is 15.8. The second kappa shape index (κ2) is 8.01. The van der Waals surface area contributed by atoms with Crippen molar-refractivity contribution >= 4 is 34.7 Å². The van der Waals surface area contributed by atoms with Crippen LogP contribution in [0.1, 0.15) is 48.2 Å². The number of ketones is 4. The molecule has 2 unspecified atom stereocenters. The molecule has 1 amide bonds. The Labute approximate surface area is 197 Å². The van der Waals surface area contributed by atoms with Crippen LogP contribution in [0.25, 0.3) is 0 Å². The summed E-state index contributed by atoms with van der Waals surface area (Å²) in [6.07, 6.45) is 0.532. The average molecular weight is 471 g/mol. The lowest BCUT2D eigenvalue weighted by molar-refractivity contribution is -0.175. The largest absolute Gasteiger partial charge is 0.507 e. The van der Waals surface area contributed by atoms with Gasteiger partial charge in [-0.3, -0.25) is 24.0 Å². The first kappa shape index (κ1) is 24.1. The number of primary amides is 1. The zero-order valence-electron chi connectivity index (χ0n) is 19.8. The lowest BCUT2D eigenvalue weighted by atomic mass is 9.53. The molecule has 182 valence electrons. The molecule has 0 spiro atoms. The van der Waals surface area contributed by atoms with Crippen LogP contribution in [0.2, 0.25) is 0 Å². The molecular weight excluding hydrogens is 440 g/mol. The fourth-order valence-corrected chi connectivity index (χ4v) is 6.06. The molecule has 0 aliphatic heterocycles. The van der Waals surface area contributed by atoms with Gasteiger partial charge in [0.25, 0.3) is 0 Å². The average Bonchev–Trinajstić information content (AvgIpc) is 2.71. The third kappa shape index (κ3) is 3.28. The quantitative estimate of drug-likeness (QED) is 0.540. The van der Waals surface area contributed by atoms with Crippen molar-refractivity contribution in [3.05, 3.63) is 22.8 Å². The standard InChI is InChI=1S/C25H30N2O7/c1-10(2)5-12-8-15(27(3)4)14-7-11-6-13-9-16(28)19(24(26)33)23(32)25(13,34)22(31)17(11)21(30)18(14)20(12)29/h8,10-11,13,17,19,29,34H,5-7,9H2,1-4H3,(H2,26,33)/t11-,13+,17?,19?,25+/m1/s1. The minimum Gasteiger partial charge on any atom is -0.507 e. The number of nitrogens with two attached hydrogens (primary N) is 1. The van der Waals surface area contributed by atoms with Gasteiger partial charge in [-0.1, -0.05) is 13.8 Å². The Balaban J connectivity index is 1.85. The van der Waals surface area contributed by atoms with Crippen molar-refractivity contribution in [3.8, 4) is 5.75 Å². The molecule has 9 nitrogen and oxygen atoms in total. The summed E-state index contributed by atoms with van der Waals surface area (Å²) in [4.78, 5) is 66.3. The van der Waals surface area contributed by atoms with Gasteiger partial charge in [0, 0.05) is 32.1 Å². The lowest BCUT2D eigenvalue weighted by Crippen LogP contribution is -2.68. The van der Waals surface area contributed by atoms with Gasteiger partial charge in [-0.25, -0.2) is 0 Å². The van der Waals surface area contributed by atoms with Gasteiger partial charge in [-0.15, -0.1) is 0 Å². The maximum Gasteiger partial charge on any atom is 0.235 e. The molecule has 4 rings (SSSR count). The number of phenols is 1. The second-order valence-electron chi connectivity index (χ2n) is 10.5. The maximum absolute atomic E-state index is 13.7. The highest BCUT2D eigenvalue weighted by Gasteiger charge is 2.66. The molecule has 9 heteroatoms. The van der Waals surface area contributed by atoms with Crippen LogP contribution in [0.15, 0.2) is 6.07 Å². The molecule has 34 heavy (non-hydrogen) atoms. The number of benzene rings is 1. The maximum atomic E-state index is 13.7. The number of carbonyl (C=O) groups is 5. The Bertz CT molecular complexity index is 1140. The Morgan fingerprint density at radius 3 is 2.38 bits per heavy atom. The van der Waals surface area contributed by atoms with Gasteiger partial charge < -0.3 is 20.8 Å². The van der Waals surface area contributed by atoms with E-state index in [-0.39, 0.29) is 36.5 Å². The van der Waals surface area contributed by atoms with Crippen LogP contribution in [0.5, 0.6) is 5.75 Å². The van der Waals surface area contributed by atoms with Gasteiger partial charge in [0.2, 0.25) is 5.91 Å². The van der Waals surface area contributed by atoms with Crippen molar-refractivity contribution in [3.63, 3.8) is 0 Å². The van der Waals surface area contributed by atoms with E-state index in [4.69, 9.17) is 5.73 Å². The van der Waals surface area contributed by atoms with Crippen LogP contribution in [0.4, 0.5) is 5.69 Å². The first-order valence-corrected chi connectivity index (χ1v) is 11.5. The number of anilines is 1. The third-order valence-corrected chi connectivity index (χ3v) is 7.57. The number of hydrogen-bond acceptors (Lipinski definition) is 8. The van der Waals surface area contributed by atoms with E-state index >= 15 is 0 Å². The summed E-state index contributed by atoms with van der Waals surface area (Å²) in [6, 6.07) is 1.86. The number of aromatic hydroxyl groups is 1. The second-order valence-corrected chi connectivity index (χ2v) is 10.5. The summed E-state index contributed by atoms with van der Waals surface area (Å²) in [7, 11) is 3.66. The number of aliphatic hydroxyl groups is 1. The summed E-state index contributed by atoms with van der Waals surface area (Å²) in [6.45, 7) is 3.97. The molecule has 0 radical (unpaired) electrons. The van der Waals surface area contributed by atoms with Gasteiger partial charge in [0.1, 0.15) is 5.75 Å². The van der Waals surface area contributed by atoms with Gasteiger partial charge >= 0.3 is 0 Å². The van der Waals surface area contributed by atoms with Crippen LogP contribution >= 0.6 is 0 Å². The molecule has 0 saturated heterocycles. The summed E-state index contributed by atoms with van der Waals surface area (Å²) in [5.41, 5.74) is 4.58. The third-order valence-electron chi connectivity index (χ3n) is 7.57. The molecule has 1 aromatic rings. The van der Waals surface area contributed by atoms with E-state index in [9.17, 15) is 34.2 Å².